The molecule has 4 N–H and O–H groups in total. The molecule has 1 saturated heterocycles. The van der Waals surface area contributed by atoms with E-state index in [1.54, 1.807) is 24.1 Å². The Morgan fingerprint density at radius 3 is 2.44 bits per heavy atom. The Morgan fingerprint density at radius 1 is 1.15 bits per heavy atom. The van der Waals surface area contributed by atoms with Crippen LogP contribution < -0.4 is 21.6 Å². The summed E-state index contributed by atoms with van der Waals surface area (Å²) in [6, 6.07) is 5.99. The molecule has 2 unspecified atom stereocenters. The Bertz CT molecular complexity index is 991. The molecule has 0 spiro atoms. The van der Waals surface area contributed by atoms with Crippen LogP contribution in [-0.2, 0) is 12.7 Å². The number of rotatable bonds is 6. The molecule has 184 valence electrons. The summed E-state index contributed by atoms with van der Waals surface area (Å²) in [5.41, 5.74) is 0.121. The number of hydrazone groups is 1. The van der Waals surface area contributed by atoms with Crippen molar-refractivity contribution in [3.05, 3.63) is 47.8 Å². The summed E-state index contributed by atoms with van der Waals surface area (Å²) >= 11 is 0. The summed E-state index contributed by atoms with van der Waals surface area (Å²) < 4.78 is 53.7. The van der Waals surface area contributed by atoms with Gasteiger partial charge in [0, 0.05) is 37.6 Å². The van der Waals surface area contributed by atoms with E-state index >= 15 is 4.39 Å². The Labute approximate surface area is 195 Å². The number of nitrogens with two attached hydrogens (primary N) is 2. The van der Waals surface area contributed by atoms with E-state index < -0.39 is 17.9 Å². The van der Waals surface area contributed by atoms with Gasteiger partial charge < -0.3 is 10.7 Å². The highest BCUT2D eigenvalue weighted by atomic mass is 19.4. The average molecular weight is 481 g/mol. The molecule has 0 radical (unpaired) electrons. The average Bonchev–Trinajstić information content (AvgIpc) is 3.67. The zero-order chi connectivity index (χ0) is 24.5. The quantitative estimate of drug-likeness (QED) is 0.216. The predicted octanol–water partition coefficient (Wildman–Crippen LogP) is 3.05. The molecule has 2 atom stereocenters. The number of pyridine rings is 2. The van der Waals surface area contributed by atoms with E-state index in [1.807, 2.05) is 6.07 Å². The zero-order valence-electron chi connectivity index (χ0n) is 18.8. The highest BCUT2D eigenvalue weighted by Crippen LogP contribution is 2.35. The number of alkyl halides is 4. The van der Waals surface area contributed by atoms with Crippen LogP contribution in [0.4, 0.5) is 29.2 Å². The summed E-state index contributed by atoms with van der Waals surface area (Å²) in [5.74, 6) is 12.4. The summed E-state index contributed by atoms with van der Waals surface area (Å²) in [6.07, 6.45) is -0.516. The smallest absolute Gasteiger partial charge is 0.354 e. The fraction of sp³-hybridized carbons (Fsp3) is 0.500. The van der Waals surface area contributed by atoms with Crippen molar-refractivity contribution in [3.63, 3.8) is 0 Å². The summed E-state index contributed by atoms with van der Waals surface area (Å²) in [7, 11) is 0. The lowest BCUT2D eigenvalue weighted by molar-refractivity contribution is -0.137. The number of piperidine rings is 1. The highest BCUT2D eigenvalue weighted by Gasteiger charge is 2.41. The van der Waals surface area contributed by atoms with Gasteiger partial charge in [-0.3, -0.25) is 4.90 Å². The molecule has 2 fully saturated rings. The van der Waals surface area contributed by atoms with Crippen LogP contribution in [0.25, 0.3) is 0 Å². The van der Waals surface area contributed by atoms with Crippen LogP contribution in [0.2, 0.25) is 0 Å². The van der Waals surface area contributed by atoms with Crippen molar-refractivity contribution in [1.82, 2.24) is 14.9 Å². The van der Waals surface area contributed by atoms with Gasteiger partial charge in [-0.15, -0.1) is 0 Å². The van der Waals surface area contributed by atoms with Gasteiger partial charge in [0.1, 0.15) is 23.6 Å². The van der Waals surface area contributed by atoms with Crippen LogP contribution in [0, 0.1) is 0 Å². The van der Waals surface area contributed by atoms with Gasteiger partial charge in [0.2, 0.25) is 0 Å². The van der Waals surface area contributed by atoms with Gasteiger partial charge in [-0.05, 0) is 49.9 Å². The summed E-state index contributed by atoms with van der Waals surface area (Å²) in [6.45, 7) is 2.82. The molecule has 0 amide bonds. The van der Waals surface area contributed by atoms with E-state index in [4.69, 9.17) is 11.7 Å². The van der Waals surface area contributed by atoms with Crippen molar-refractivity contribution in [2.24, 2.45) is 16.8 Å². The van der Waals surface area contributed by atoms with Crippen LogP contribution in [0.1, 0.15) is 37.3 Å². The Kier molecular flexibility index (Phi) is 6.89. The maximum atomic E-state index is 15.3. The maximum absolute atomic E-state index is 15.3. The fourth-order valence-electron chi connectivity index (χ4n) is 4.23. The largest absolute Gasteiger partial charge is 0.417 e. The van der Waals surface area contributed by atoms with Crippen LogP contribution in [0.15, 0.2) is 41.8 Å². The molecule has 4 rings (SSSR count). The minimum Gasteiger partial charge on any atom is -0.354 e. The molecule has 1 aliphatic heterocycles. The third-order valence-electron chi connectivity index (χ3n) is 6.30. The van der Waals surface area contributed by atoms with Crippen molar-refractivity contribution in [3.8, 4) is 0 Å². The van der Waals surface area contributed by atoms with Crippen LogP contribution in [-0.4, -0.2) is 52.0 Å². The lowest BCUT2D eigenvalue weighted by atomic mass is 10.00. The number of hydrogen-bond acceptors (Lipinski definition) is 7. The number of halogens is 4. The number of hydrazine groups is 1. The van der Waals surface area contributed by atoms with E-state index in [9.17, 15) is 13.2 Å². The topological polar surface area (TPSA) is 99.9 Å². The third-order valence-corrected chi connectivity index (χ3v) is 6.30. The predicted molar refractivity (Wildman–Crippen MR) is 122 cm³/mol. The van der Waals surface area contributed by atoms with Gasteiger partial charge in [0.05, 0.1) is 12.1 Å². The maximum Gasteiger partial charge on any atom is 0.417 e. The van der Waals surface area contributed by atoms with Crippen molar-refractivity contribution < 1.29 is 17.6 Å². The molecule has 2 aromatic rings. The molecule has 2 aromatic heterocycles. The lowest BCUT2D eigenvalue weighted by Gasteiger charge is -2.41. The van der Waals surface area contributed by atoms with Crippen molar-refractivity contribution in [2.75, 3.05) is 23.0 Å². The minimum absolute atomic E-state index is 0.0866. The summed E-state index contributed by atoms with van der Waals surface area (Å²) in [5, 5.41) is 4.83. The first kappa shape index (κ1) is 24.1. The number of anilines is 2. The van der Waals surface area contributed by atoms with Gasteiger partial charge in [-0.2, -0.15) is 18.3 Å². The normalized spacial score (nSPS) is 21.7. The molecule has 0 aromatic carbocycles. The Hall–Kier alpha value is -2.99. The molecule has 8 nitrogen and oxygen atoms in total. The number of nitrogens with zero attached hydrogens (tertiary/aromatic N) is 6. The van der Waals surface area contributed by atoms with E-state index in [2.05, 4.69) is 20.0 Å². The second kappa shape index (κ2) is 9.71. The third kappa shape index (κ3) is 5.39. The summed E-state index contributed by atoms with van der Waals surface area (Å²) in [4.78, 5) is 12.2. The van der Waals surface area contributed by atoms with Gasteiger partial charge in [0.15, 0.2) is 0 Å². The first-order valence-electron chi connectivity index (χ1n) is 11.1. The monoisotopic (exact) mass is 480 g/mol. The molecule has 0 bridgehead atoms. The second-order valence-electron chi connectivity index (χ2n) is 8.70. The van der Waals surface area contributed by atoms with Crippen molar-refractivity contribution >= 4 is 17.5 Å². The van der Waals surface area contributed by atoms with E-state index in [0.717, 1.165) is 30.7 Å². The van der Waals surface area contributed by atoms with Crippen molar-refractivity contribution in [2.45, 2.75) is 57.2 Å². The molecule has 1 saturated carbocycles. The number of aromatic nitrogens is 2. The van der Waals surface area contributed by atoms with Gasteiger partial charge >= 0.3 is 6.18 Å². The minimum atomic E-state index is -4.45. The SMILES string of the molecule is CC(=NN)N(N)c1ccc(CN(C2CC2)C2CCN(c3ccc(C(F)(F)F)cn3)CC2F)cn1. The van der Waals surface area contributed by atoms with E-state index in [1.165, 1.54) is 11.1 Å². The Balaban J connectivity index is 1.41. The first-order valence-corrected chi connectivity index (χ1v) is 11.1. The van der Waals surface area contributed by atoms with Gasteiger partial charge in [-0.25, -0.2) is 25.2 Å². The van der Waals surface area contributed by atoms with E-state index in [0.29, 0.717) is 43.0 Å². The van der Waals surface area contributed by atoms with Crippen molar-refractivity contribution in [1.29, 1.82) is 0 Å². The molecular weight excluding hydrogens is 452 g/mol. The lowest BCUT2D eigenvalue weighted by Crippen LogP contribution is -2.53. The van der Waals surface area contributed by atoms with Gasteiger partial charge in [0.25, 0.3) is 0 Å². The van der Waals surface area contributed by atoms with E-state index in [-0.39, 0.29) is 12.6 Å². The first-order chi connectivity index (χ1) is 16.2. The Morgan fingerprint density at radius 2 is 1.91 bits per heavy atom. The van der Waals surface area contributed by atoms with Crippen LogP contribution in [0.3, 0.4) is 0 Å². The second-order valence-corrected chi connectivity index (χ2v) is 8.70. The van der Waals surface area contributed by atoms with Crippen LogP contribution in [0.5, 0.6) is 0 Å². The molecule has 2 aliphatic rings. The molecular formula is C22H28F4N8. The highest BCUT2D eigenvalue weighted by molar-refractivity contribution is 5.93. The molecule has 1 aliphatic carbocycles. The fourth-order valence-corrected chi connectivity index (χ4v) is 4.23. The zero-order valence-corrected chi connectivity index (χ0v) is 18.8. The number of amidine groups is 1. The molecule has 34 heavy (non-hydrogen) atoms. The van der Waals surface area contributed by atoms with Gasteiger partial charge in [-0.1, -0.05) is 6.07 Å². The molecule has 3 heterocycles. The standard InChI is InChI=1S/C22H28F4N8/c1-14(31-27)34(28)21-6-2-15(10-29-21)12-33(17-4-5-17)19-8-9-32(13-18(19)23)20-7-3-16(11-30-20)22(24,25)26/h2-3,6-7,10-11,17-19H,4-5,8-9,12-13,27-28H2,1H3. The number of hydrogen-bond donors (Lipinski definition) is 2. The molecule has 12 heteroatoms. The van der Waals surface area contributed by atoms with Crippen LogP contribution >= 0.6 is 0 Å².